The second kappa shape index (κ2) is 6.01. The minimum Gasteiger partial charge on any atom is -0.497 e. The topological polar surface area (TPSA) is 9.23 Å². The SMILES string of the molecule is C=C(OC)c1ccc2cccc(-c3cc(Cl)c(F)cc3F)c2c1. The number of halogens is 3. The Morgan fingerprint density at radius 2 is 1.78 bits per heavy atom. The Labute approximate surface area is 137 Å². The summed E-state index contributed by atoms with van der Waals surface area (Å²) in [5.41, 5.74) is 1.68. The maximum atomic E-state index is 14.2. The number of benzene rings is 3. The zero-order valence-electron chi connectivity index (χ0n) is 12.4. The molecule has 1 nitrogen and oxygen atoms in total. The molecule has 3 aromatic carbocycles. The van der Waals surface area contributed by atoms with E-state index in [-0.39, 0.29) is 10.6 Å². The number of ether oxygens (including phenoxy) is 1. The van der Waals surface area contributed by atoms with Crippen molar-refractivity contribution in [2.24, 2.45) is 0 Å². The molecule has 0 amide bonds. The standard InChI is InChI=1S/C19H13ClF2O/c1-11(23-2)13-7-6-12-4-3-5-14(15(12)8-13)16-9-17(20)19(22)10-18(16)21/h3-10H,1H2,2H3. The van der Waals surface area contributed by atoms with Gasteiger partial charge < -0.3 is 4.74 Å². The fraction of sp³-hybridized carbons (Fsp3) is 0.0526. The van der Waals surface area contributed by atoms with Crippen molar-refractivity contribution in [1.82, 2.24) is 0 Å². The predicted molar refractivity (Wildman–Crippen MR) is 90.4 cm³/mol. The smallest absolute Gasteiger partial charge is 0.144 e. The summed E-state index contributed by atoms with van der Waals surface area (Å²) in [6, 6.07) is 13.3. The third-order valence-corrected chi connectivity index (χ3v) is 4.04. The predicted octanol–water partition coefficient (Wildman–Crippen LogP) is 6.06. The van der Waals surface area contributed by atoms with E-state index in [1.807, 2.05) is 30.3 Å². The zero-order chi connectivity index (χ0) is 16.6. The van der Waals surface area contributed by atoms with E-state index in [4.69, 9.17) is 16.3 Å². The van der Waals surface area contributed by atoms with Crippen molar-refractivity contribution in [3.63, 3.8) is 0 Å². The van der Waals surface area contributed by atoms with Gasteiger partial charge in [0.2, 0.25) is 0 Å². The fourth-order valence-corrected chi connectivity index (χ4v) is 2.69. The van der Waals surface area contributed by atoms with Crippen LogP contribution in [0.25, 0.3) is 27.7 Å². The summed E-state index contributed by atoms with van der Waals surface area (Å²) in [4.78, 5) is 0. The average molecular weight is 331 g/mol. The molecular formula is C19H13ClF2O. The highest BCUT2D eigenvalue weighted by molar-refractivity contribution is 6.31. The Kier molecular flexibility index (Phi) is 4.05. The molecule has 0 unspecified atom stereocenters. The number of hydrogen-bond acceptors (Lipinski definition) is 1. The number of fused-ring (bicyclic) bond motifs is 1. The Balaban J connectivity index is 2.29. The van der Waals surface area contributed by atoms with Gasteiger partial charge in [-0.25, -0.2) is 8.78 Å². The summed E-state index contributed by atoms with van der Waals surface area (Å²) >= 11 is 5.82. The van der Waals surface area contributed by atoms with E-state index >= 15 is 0 Å². The fourth-order valence-electron chi connectivity index (χ4n) is 2.53. The summed E-state index contributed by atoms with van der Waals surface area (Å²) < 4.78 is 32.8. The normalized spacial score (nSPS) is 10.8. The van der Waals surface area contributed by atoms with E-state index in [9.17, 15) is 8.78 Å². The lowest BCUT2D eigenvalue weighted by atomic mass is 9.96. The molecule has 0 aromatic heterocycles. The molecule has 0 spiro atoms. The van der Waals surface area contributed by atoms with Crippen molar-refractivity contribution in [3.05, 3.63) is 77.3 Å². The van der Waals surface area contributed by atoms with E-state index in [2.05, 4.69) is 6.58 Å². The van der Waals surface area contributed by atoms with Crippen molar-refractivity contribution < 1.29 is 13.5 Å². The van der Waals surface area contributed by atoms with E-state index in [1.165, 1.54) is 13.2 Å². The lowest BCUT2D eigenvalue weighted by Gasteiger charge is -2.11. The van der Waals surface area contributed by atoms with Crippen LogP contribution in [-0.2, 0) is 4.74 Å². The van der Waals surface area contributed by atoms with Gasteiger partial charge in [-0.1, -0.05) is 48.5 Å². The summed E-state index contributed by atoms with van der Waals surface area (Å²) in [6.45, 7) is 3.83. The van der Waals surface area contributed by atoms with Crippen LogP contribution in [0.4, 0.5) is 8.78 Å². The first-order chi connectivity index (χ1) is 11.0. The van der Waals surface area contributed by atoms with Crippen LogP contribution in [0.5, 0.6) is 0 Å². The molecule has 4 heteroatoms. The first-order valence-corrected chi connectivity index (χ1v) is 7.30. The van der Waals surface area contributed by atoms with Crippen molar-refractivity contribution in [2.45, 2.75) is 0 Å². The van der Waals surface area contributed by atoms with E-state index in [1.54, 1.807) is 6.07 Å². The number of methoxy groups -OCH3 is 1. The lowest BCUT2D eigenvalue weighted by molar-refractivity contribution is 0.371. The Morgan fingerprint density at radius 3 is 2.52 bits per heavy atom. The molecule has 23 heavy (non-hydrogen) atoms. The molecule has 3 aromatic rings. The Bertz CT molecular complexity index is 919. The largest absolute Gasteiger partial charge is 0.497 e. The summed E-state index contributed by atoms with van der Waals surface area (Å²) in [5, 5.41) is 1.62. The van der Waals surface area contributed by atoms with Gasteiger partial charge in [0.25, 0.3) is 0 Å². The molecule has 3 rings (SSSR count). The highest BCUT2D eigenvalue weighted by Crippen LogP contribution is 2.34. The molecule has 0 saturated carbocycles. The molecule has 116 valence electrons. The van der Waals surface area contributed by atoms with Crippen LogP contribution in [0.3, 0.4) is 0 Å². The Morgan fingerprint density at radius 1 is 1.00 bits per heavy atom. The van der Waals surface area contributed by atoms with Crippen LogP contribution in [-0.4, -0.2) is 7.11 Å². The summed E-state index contributed by atoms with van der Waals surface area (Å²) in [7, 11) is 1.54. The van der Waals surface area contributed by atoms with Gasteiger partial charge in [-0.2, -0.15) is 0 Å². The molecule has 0 aliphatic rings. The first kappa shape index (κ1) is 15.5. The molecule has 0 aliphatic heterocycles. The van der Waals surface area contributed by atoms with Gasteiger partial charge in [-0.15, -0.1) is 0 Å². The number of rotatable bonds is 3. The maximum Gasteiger partial charge on any atom is 0.144 e. The number of hydrogen-bond donors (Lipinski definition) is 0. The summed E-state index contributed by atoms with van der Waals surface area (Å²) in [6.07, 6.45) is 0. The van der Waals surface area contributed by atoms with Crippen molar-refractivity contribution >= 4 is 28.1 Å². The third-order valence-electron chi connectivity index (χ3n) is 3.75. The first-order valence-electron chi connectivity index (χ1n) is 6.92. The average Bonchev–Trinajstić information content (AvgIpc) is 2.56. The highest BCUT2D eigenvalue weighted by Gasteiger charge is 2.13. The van der Waals surface area contributed by atoms with E-state index in [0.717, 1.165) is 22.4 Å². The van der Waals surface area contributed by atoms with Gasteiger partial charge in [-0.05, 0) is 28.5 Å². The van der Waals surface area contributed by atoms with Crippen molar-refractivity contribution in [3.8, 4) is 11.1 Å². The van der Waals surface area contributed by atoms with Crippen LogP contribution in [0.15, 0.2) is 55.1 Å². The second-order valence-corrected chi connectivity index (χ2v) is 5.52. The molecule has 0 heterocycles. The minimum atomic E-state index is -0.776. The van der Waals surface area contributed by atoms with Gasteiger partial charge >= 0.3 is 0 Å². The maximum absolute atomic E-state index is 14.2. The molecule has 0 N–H and O–H groups in total. The van der Waals surface area contributed by atoms with E-state index in [0.29, 0.717) is 11.3 Å². The molecule has 0 saturated heterocycles. The van der Waals surface area contributed by atoms with Gasteiger partial charge in [0.05, 0.1) is 12.1 Å². The zero-order valence-corrected chi connectivity index (χ0v) is 13.1. The van der Waals surface area contributed by atoms with E-state index < -0.39 is 11.6 Å². The second-order valence-electron chi connectivity index (χ2n) is 5.11. The highest BCUT2D eigenvalue weighted by atomic mass is 35.5. The molecule has 0 bridgehead atoms. The Hall–Kier alpha value is -2.39. The third kappa shape index (κ3) is 2.80. The lowest BCUT2D eigenvalue weighted by Crippen LogP contribution is -1.91. The van der Waals surface area contributed by atoms with Crippen LogP contribution in [0.1, 0.15) is 5.56 Å². The van der Waals surface area contributed by atoms with Crippen LogP contribution in [0, 0.1) is 11.6 Å². The van der Waals surface area contributed by atoms with Crippen molar-refractivity contribution in [2.75, 3.05) is 7.11 Å². The molecule has 0 atom stereocenters. The van der Waals surface area contributed by atoms with Crippen LogP contribution < -0.4 is 0 Å². The quantitative estimate of drug-likeness (QED) is 0.419. The molecule has 0 aliphatic carbocycles. The van der Waals surface area contributed by atoms with Gasteiger partial charge in [0, 0.05) is 17.2 Å². The van der Waals surface area contributed by atoms with Crippen molar-refractivity contribution in [1.29, 1.82) is 0 Å². The van der Waals surface area contributed by atoms with Crippen LogP contribution in [0.2, 0.25) is 5.02 Å². The van der Waals surface area contributed by atoms with Crippen LogP contribution >= 0.6 is 11.6 Å². The molecular weight excluding hydrogens is 318 g/mol. The van der Waals surface area contributed by atoms with Gasteiger partial charge in [-0.3, -0.25) is 0 Å². The van der Waals surface area contributed by atoms with Gasteiger partial charge in [0.1, 0.15) is 17.4 Å². The monoisotopic (exact) mass is 330 g/mol. The summed E-state index contributed by atoms with van der Waals surface area (Å²) in [5.74, 6) is -0.920. The van der Waals surface area contributed by atoms with Gasteiger partial charge in [0.15, 0.2) is 0 Å². The molecule has 0 radical (unpaired) electrons. The minimum absolute atomic E-state index is 0.115. The molecule has 0 fully saturated rings.